The molecule has 0 aromatic heterocycles. The average Bonchev–Trinajstić information content (AvgIpc) is 2.03. The molecule has 0 heterocycles. The highest BCUT2D eigenvalue weighted by molar-refractivity contribution is 5.76. The maximum atomic E-state index is 10.9. The van der Waals surface area contributed by atoms with Gasteiger partial charge in [-0.15, -0.1) is 0 Å². The average molecular weight is 185 g/mol. The lowest BCUT2D eigenvalue weighted by Crippen LogP contribution is -2.22. The second-order valence-electron chi connectivity index (χ2n) is 4.19. The van der Waals surface area contributed by atoms with E-state index < -0.39 is 0 Å². The number of rotatable bonds is 7. The Kier molecular flexibility index (Phi) is 6.65. The first-order valence-corrected chi connectivity index (χ1v) is 5.37. The summed E-state index contributed by atoms with van der Waals surface area (Å²) < 4.78 is 0. The maximum Gasteiger partial charge on any atom is 0.220 e. The van der Waals surface area contributed by atoms with Crippen molar-refractivity contribution < 1.29 is 4.79 Å². The monoisotopic (exact) mass is 185 g/mol. The summed E-state index contributed by atoms with van der Waals surface area (Å²) in [6, 6.07) is 0. The van der Waals surface area contributed by atoms with Crippen LogP contribution in [-0.4, -0.2) is 5.91 Å². The fraction of sp³-hybridized carbons (Fsp3) is 0.909. The Morgan fingerprint density at radius 2 is 1.77 bits per heavy atom. The van der Waals surface area contributed by atoms with E-state index in [4.69, 9.17) is 5.73 Å². The number of unbranched alkanes of at least 4 members (excludes halogenated alkanes) is 1. The van der Waals surface area contributed by atoms with Crippen molar-refractivity contribution in [3.05, 3.63) is 0 Å². The van der Waals surface area contributed by atoms with E-state index in [-0.39, 0.29) is 11.8 Å². The highest BCUT2D eigenvalue weighted by atomic mass is 16.1. The maximum absolute atomic E-state index is 10.9. The zero-order valence-electron chi connectivity index (χ0n) is 9.18. The largest absolute Gasteiger partial charge is 0.369 e. The predicted molar refractivity (Wildman–Crippen MR) is 56.3 cm³/mol. The van der Waals surface area contributed by atoms with Gasteiger partial charge in [-0.25, -0.2) is 0 Å². The molecule has 0 aliphatic heterocycles. The number of nitrogens with two attached hydrogens (primary N) is 1. The van der Waals surface area contributed by atoms with Crippen molar-refractivity contribution in [3.8, 4) is 0 Å². The standard InChI is InChI=1S/C11H23NO/c1-4-10(11(12)13)8-6-5-7-9(2)3/h9-10H,4-8H2,1-3H3,(H2,12,13). The highest BCUT2D eigenvalue weighted by Gasteiger charge is 2.11. The summed E-state index contributed by atoms with van der Waals surface area (Å²) in [5.41, 5.74) is 5.25. The molecule has 0 spiro atoms. The summed E-state index contributed by atoms with van der Waals surface area (Å²) >= 11 is 0. The van der Waals surface area contributed by atoms with Crippen molar-refractivity contribution in [1.29, 1.82) is 0 Å². The van der Waals surface area contributed by atoms with E-state index in [1.54, 1.807) is 0 Å². The van der Waals surface area contributed by atoms with Crippen LogP contribution in [0.1, 0.15) is 52.9 Å². The first kappa shape index (κ1) is 12.5. The predicted octanol–water partition coefficient (Wildman–Crippen LogP) is 2.71. The minimum Gasteiger partial charge on any atom is -0.369 e. The molecule has 0 aromatic carbocycles. The molecular weight excluding hydrogens is 162 g/mol. The van der Waals surface area contributed by atoms with E-state index in [1.807, 2.05) is 6.92 Å². The summed E-state index contributed by atoms with van der Waals surface area (Å²) in [6.45, 7) is 6.48. The van der Waals surface area contributed by atoms with Gasteiger partial charge in [0.05, 0.1) is 0 Å². The summed E-state index contributed by atoms with van der Waals surface area (Å²) in [6.07, 6.45) is 5.48. The summed E-state index contributed by atoms with van der Waals surface area (Å²) in [5, 5.41) is 0. The minimum absolute atomic E-state index is 0.104. The second kappa shape index (κ2) is 6.93. The molecule has 0 aliphatic rings. The van der Waals surface area contributed by atoms with Gasteiger partial charge in [-0.2, -0.15) is 0 Å². The molecule has 0 saturated heterocycles. The third kappa shape index (κ3) is 6.62. The third-order valence-electron chi connectivity index (χ3n) is 2.48. The van der Waals surface area contributed by atoms with Crippen LogP contribution >= 0.6 is 0 Å². The quantitative estimate of drug-likeness (QED) is 0.609. The summed E-state index contributed by atoms with van der Waals surface area (Å²) in [7, 11) is 0. The van der Waals surface area contributed by atoms with Gasteiger partial charge in [0.15, 0.2) is 0 Å². The minimum atomic E-state index is -0.132. The van der Waals surface area contributed by atoms with Gasteiger partial charge in [-0.05, 0) is 18.8 Å². The Balaban J connectivity index is 3.44. The Morgan fingerprint density at radius 1 is 1.23 bits per heavy atom. The fourth-order valence-corrected chi connectivity index (χ4v) is 1.49. The molecule has 0 aromatic rings. The Hall–Kier alpha value is -0.530. The van der Waals surface area contributed by atoms with Gasteiger partial charge in [0, 0.05) is 5.92 Å². The van der Waals surface area contributed by atoms with Crippen molar-refractivity contribution in [1.82, 2.24) is 0 Å². The lowest BCUT2D eigenvalue weighted by molar-refractivity contribution is -0.122. The van der Waals surface area contributed by atoms with Crippen LogP contribution in [0, 0.1) is 11.8 Å². The molecule has 13 heavy (non-hydrogen) atoms. The molecule has 0 radical (unpaired) electrons. The molecular formula is C11H23NO. The lowest BCUT2D eigenvalue weighted by Gasteiger charge is -2.10. The molecule has 0 saturated carbocycles. The molecule has 0 bridgehead atoms. The highest BCUT2D eigenvalue weighted by Crippen LogP contribution is 2.15. The van der Waals surface area contributed by atoms with E-state index in [1.165, 1.54) is 12.8 Å². The molecule has 2 nitrogen and oxygen atoms in total. The molecule has 0 aliphatic carbocycles. The van der Waals surface area contributed by atoms with Crippen LogP contribution in [0.5, 0.6) is 0 Å². The topological polar surface area (TPSA) is 43.1 Å². The van der Waals surface area contributed by atoms with Gasteiger partial charge in [0.25, 0.3) is 0 Å². The van der Waals surface area contributed by atoms with E-state index in [9.17, 15) is 4.79 Å². The molecule has 78 valence electrons. The van der Waals surface area contributed by atoms with Gasteiger partial charge in [0.2, 0.25) is 5.91 Å². The first-order valence-electron chi connectivity index (χ1n) is 5.37. The molecule has 1 unspecified atom stereocenters. The van der Waals surface area contributed by atoms with Crippen LogP contribution in [0.25, 0.3) is 0 Å². The Labute approximate surface area is 81.9 Å². The van der Waals surface area contributed by atoms with E-state index in [0.29, 0.717) is 0 Å². The SMILES string of the molecule is CCC(CCCCC(C)C)C(N)=O. The lowest BCUT2D eigenvalue weighted by atomic mass is 9.96. The molecule has 1 atom stereocenters. The normalized spacial score (nSPS) is 13.2. The molecule has 2 heteroatoms. The van der Waals surface area contributed by atoms with Gasteiger partial charge >= 0.3 is 0 Å². The zero-order chi connectivity index (χ0) is 10.3. The third-order valence-corrected chi connectivity index (χ3v) is 2.48. The number of primary amides is 1. The molecule has 0 fully saturated rings. The van der Waals surface area contributed by atoms with Gasteiger partial charge in [-0.1, -0.05) is 40.0 Å². The second-order valence-corrected chi connectivity index (χ2v) is 4.19. The zero-order valence-corrected chi connectivity index (χ0v) is 9.18. The number of hydrogen-bond acceptors (Lipinski definition) is 1. The van der Waals surface area contributed by atoms with Gasteiger partial charge < -0.3 is 5.73 Å². The van der Waals surface area contributed by atoms with Crippen molar-refractivity contribution in [3.63, 3.8) is 0 Å². The van der Waals surface area contributed by atoms with Crippen LogP contribution in [0.2, 0.25) is 0 Å². The molecule has 1 amide bonds. The number of hydrogen-bond donors (Lipinski definition) is 1. The Bertz CT molecular complexity index is 143. The van der Waals surface area contributed by atoms with Crippen molar-refractivity contribution >= 4 is 5.91 Å². The van der Waals surface area contributed by atoms with E-state index in [0.717, 1.165) is 25.2 Å². The number of amides is 1. The van der Waals surface area contributed by atoms with Crippen LogP contribution < -0.4 is 5.73 Å². The number of carbonyl (C=O) groups excluding carboxylic acids is 1. The smallest absolute Gasteiger partial charge is 0.220 e. The Morgan fingerprint density at radius 3 is 2.15 bits per heavy atom. The van der Waals surface area contributed by atoms with Crippen LogP contribution in [0.15, 0.2) is 0 Å². The summed E-state index contributed by atoms with van der Waals surface area (Å²) in [5.74, 6) is 0.743. The van der Waals surface area contributed by atoms with Crippen molar-refractivity contribution in [2.45, 2.75) is 52.9 Å². The van der Waals surface area contributed by atoms with E-state index in [2.05, 4.69) is 13.8 Å². The van der Waals surface area contributed by atoms with Crippen LogP contribution in [0.3, 0.4) is 0 Å². The van der Waals surface area contributed by atoms with Crippen LogP contribution in [-0.2, 0) is 4.79 Å². The van der Waals surface area contributed by atoms with Crippen LogP contribution in [0.4, 0.5) is 0 Å². The van der Waals surface area contributed by atoms with Crippen molar-refractivity contribution in [2.75, 3.05) is 0 Å². The first-order chi connectivity index (χ1) is 6.07. The molecule has 2 N–H and O–H groups in total. The van der Waals surface area contributed by atoms with Gasteiger partial charge in [0.1, 0.15) is 0 Å². The van der Waals surface area contributed by atoms with Gasteiger partial charge in [-0.3, -0.25) is 4.79 Å². The molecule has 0 rings (SSSR count). The number of carbonyl (C=O) groups is 1. The fourth-order valence-electron chi connectivity index (χ4n) is 1.49. The summed E-state index contributed by atoms with van der Waals surface area (Å²) in [4.78, 5) is 10.9. The van der Waals surface area contributed by atoms with E-state index >= 15 is 0 Å². The van der Waals surface area contributed by atoms with Crippen molar-refractivity contribution in [2.24, 2.45) is 17.6 Å².